The topological polar surface area (TPSA) is 51.8 Å². The van der Waals surface area contributed by atoms with Crippen molar-refractivity contribution in [1.29, 1.82) is 0 Å². The van der Waals surface area contributed by atoms with Gasteiger partial charge in [0.2, 0.25) is 0 Å². The Labute approximate surface area is 267 Å². The fourth-order valence-electron chi connectivity index (χ4n) is 7.21. The first-order valence-electron chi connectivity index (χ1n) is 15.6. The van der Waals surface area contributed by atoms with Crippen LogP contribution in [-0.2, 0) is 5.41 Å². The van der Waals surface area contributed by atoms with Gasteiger partial charge in [-0.05, 0) is 45.5 Å². The predicted octanol–water partition coefficient (Wildman–Crippen LogP) is 10.7. The highest BCUT2D eigenvalue weighted by Gasteiger charge is 2.39. The van der Waals surface area contributed by atoms with E-state index in [0.29, 0.717) is 17.5 Å². The van der Waals surface area contributed by atoms with Crippen molar-refractivity contribution >= 4 is 21.9 Å². The first kappa shape index (κ1) is 26.5. The molecule has 0 atom stereocenters. The Morgan fingerprint density at radius 2 is 1.04 bits per heavy atom. The van der Waals surface area contributed by atoms with Gasteiger partial charge in [-0.1, -0.05) is 141 Å². The number of rotatable bonds is 4. The molecular weight excluding hydrogens is 562 g/mol. The number of furan rings is 1. The number of benzene rings is 6. The maximum atomic E-state index is 6.74. The molecule has 9 rings (SSSR count). The molecule has 6 aromatic carbocycles. The van der Waals surface area contributed by atoms with Gasteiger partial charge in [0, 0.05) is 27.3 Å². The van der Waals surface area contributed by atoms with Gasteiger partial charge in [0.05, 0.1) is 5.56 Å². The Hall–Kier alpha value is -5.87. The molecule has 0 radical (unpaired) electrons. The summed E-state index contributed by atoms with van der Waals surface area (Å²) in [7, 11) is 0. The van der Waals surface area contributed by atoms with Crippen LogP contribution in [-0.4, -0.2) is 15.0 Å². The maximum Gasteiger partial charge on any atom is 0.167 e. The fourth-order valence-corrected chi connectivity index (χ4v) is 7.21. The second-order valence-electron chi connectivity index (χ2n) is 12.4. The molecule has 0 saturated carbocycles. The SMILES string of the molecule is CC1(C)c2ccccc2-c2cc(-c3nc(-c4ccccc4)nc(-c4ccccc4-c4ccccc4)n3)c3oc4ccccc4c3c21. The van der Waals surface area contributed by atoms with Crippen molar-refractivity contribution in [2.75, 3.05) is 0 Å². The third-order valence-electron chi connectivity index (χ3n) is 9.32. The van der Waals surface area contributed by atoms with Crippen LogP contribution in [0.5, 0.6) is 0 Å². The molecule has 4 nitrogen and oxygen atoms in total. The smallest absolute Gasteiger partial charge is 0.167 e. The van der Waals surface area contributed by atoms with Crippen molar-refractivity contribution in [3.05, 3.63) is 151 Å². The van der Waals surface area contributed by atoms with E-state index >= 15 is 0 Å². The first-order valence-corrected chi connectivity index (χ1v) is 15.6. The van der Waals surface area contributed by atoms with Gasteiger partial charge in [0.25, 0.3) is 0 Å². The third kappa shape index (κ3) is 3.97. The minimum absolute atomic E-state index is 0.205. The molecule has 0 amide bonds. The number of aromatic nitrogens is 3. The summed E-state index contributed by atoms with van der Waals surface area (Å²) in [5.41, 5.74) is 11.4. The number of hydrogen-bond donors (Lipinski definition) is 0. The van der Waals surface area contributed by atoms with Crippen molar-refractivity contribution in [1.82, 2.24) is 15.0 Å². The number of para-hydroxylation sites is 1. The van der Waals surface area contributed by atoms with Gasteiger partial charge in [0.15, 0.2) is 17.5 Å². The Bertz CT molecular complexity index is 2440. The molecule has 0 unspecified atom stereocenters. The third-order valence-corrected chi connectivity index (χ3v) is 9.32. The maximum absolute atomic E-state index is 6.74. The van der Waals surface area contributed by atoms with E-state index in [2.05, 4.69) is 98.8 Å². The molecule has 0 fully saturated rings. The molecule has 2 aromatic heterocycles. The zero-order valence-electron chi connectivity index (χ0n) is 25.5. The zero-order valence-corrected chi connectivity index (χ0v) is 25.5. The number of hydrogen-bond acceptors (Lipinski definition) is 4. The number of fused-ring (bicyclic) bond motifs is 7. The Morgan fingerprint density at radius 3 is 1.80 bits per heavy atom. The molecule has 1 aliphatic rings. The lowest BCUT2D eigenvalue weighted by Crippen LogP contribution is -2.15. The minimum atomic E-state index is -0.205. The van der Waals surface area contributed by atoms with Crippen molar-refractivity contribution in [2.24, 2.45) is 0 Å². The Kier molecular flexibility index (Phi) is 5.81. The molecule has 1 aliphatic carbocycles. The van der Waals surface area contributed by atoms with Crippen molar-refractivity contribution < 1.29 is 4.42 Å². The van der Waals surface area contributed by atoms with Gasteiger partial charge in [-0.15, -0.1) is 0 Å². The van der Waals surface area contributed by atoms with Crippen LogP contribution in [0.3, 0.4) is 0 Å². The monoisotopic (exact) mass is 591 g/mol. The van der Waals surface area contributed by atoms with Crippen LogP contribution in [0.25, 0.3) is 78.4 Å². The normalized spacial score (nSPS) is 13.2. The van der Waals surface area contributed by atoms with Gasteiger partial charge >= 0.3 is 0 Å². The molecular formula is C42H29N3O. The molecule has 2 heterocycles. The average molecular weight is 592 g/mol. The molecule has 8 aromatic rings. The van der Waals surface area contributed by atoms with Crippen LogP contribution in [0.4, 0.5) is 0 Å². The first-order chi connectivity index (χ1) is 22.6. The summed E-state index contributed by atoms with van der Waals surface area (Å²) in [6.45, 7) is 4.63. The lowest BCUT2D eigenvalue weighted by atomic mass is 9.80. The summed E-state index contributed by atoms with van der Waals surface area (Å²) in [5, 5.41) is 2.22. The van der Waals surface area contributed by atoms with E-state index in [4.69, 9.17) is 19.4 Å². The van der Waals surface area contributed by atoms with Crippen molar-refractivity contribution in [3.8, 4) is 56.4 Å². The molecule has 0 spiro atoms. The second kappa shape index (κ2) is 10.1. The van der Waals surface area contributed by atoms with Crippen LogP contribution in [0, 0.1) is 0 Å². The second-order valence-corrected chi connectivity index (χ2v) is 12.4. The molecule has 0 aliphatic heterocycles. The summed E-state index contributed by atoms with van der Waals surface area (Å²) in [5.74, 6) is 1.82. The van der Waals surface area contributed by atoms with Crippen molar-refractivity contribution in [3.63, 3.8) is 0 Å². The summed E-state index contributed by atoms with van der Waals surface area (Å²) >= 11 is 0. The molecule has 4 heteroatoms. The highest BCUT2D eigenvalue weighted by atomic mass is 16.3. The Balaban J connectivity index is 1.38. The average Bonchev–Trinajstić information content (AvgIpc) is 3.61. The molecule has 0 saturated heterocycles. The van der Waals surface area contributed by atoms with Gasteiger partial charge in [-0.2, -0.15) is 0 Å². The van der Waals surface area contributed by atoms with E-state index in [1.54, 1.807) is 0 Å². The summed E-state index contributed by atoms with van der Waals surface area (Å²) in [6.07, 6.45) is 0. The van der Waals surface area contributed by atoms with Crippen LogP contribution in [0.1, 0.15) is 25.0 Å². The van der Waals surface area contributed by atoms with E-state index < -0.39 is 0 Å². The molecule has 46 heavy (non-hydrogen) atoms. The predicted molar refractivity (Wildman–Crippen MR) is 186 cm³/mol. The van der Waals surface area contributed by atoms with Gasteiger partial charge in [0.1, 0.15) is 11.2 Å². The zero-order chi connectivity index (χ0) is 30.8. The number of nitrogens with zero attached hydrogens (tertiary/aromatic N) is 3. The highest BCUT2D eigenvalue weighted by molar-refractivity contribution is 6.15. The van der Waals surface area contributed by atoms with Gasteiger partial charge < -0.3 is 4.42 Å². The van der Waals surface area contributed by atoms with Crippen molar-refractivity contribution in [2.45, 2.75) is 19.3 Å². The van der Waals surface area contributed by atoms with E-state index in [1.807, 2.05) is 54.6 Å². The van der Waals surface area contributed by atoms with Crippen LogP contribution in [0.2, 0.25) is 0 Å². The molecule has 218 valence electrons. The summed E-state index contributed by atoms with van der Waals surface area (Å²) < 4.78 is 6.74. The standard InChI is InChI=1S/C42H29N3O/c1-42(2)34-23-13-11-20-29(34)32-25-33(38-36(37(32)42)31-22-12-14-24-35(31)46-38)41-44-39(27-17-7-4-8-18-27)43-40(45-41)30-21-10-9-19-28(30)26-15-5-3-6-16-26/h3-25H,1-2H3. The lowest BCUT2D eigenvalue weighted by Gasteiger charge is -2.22. The van der Waals surface area contributed by atoms with Gasteiger partial charge in [-0.25, -0.2) is 15.0 Å². The van der Waals surface area contributed by atoms with E-state index in [1.165, 1.54) is 22.3 Å². The van der Waals surface area contributed by atoms with E-state index in [0.717, 1.165) is 49.8 Å². The largest absolute Gasteiger partial charge is 0.455 e. The Morgan fingerprint density at radius 1 is 0.478 bits per heavy atom. The molecule has 0 N–H and O–H groups in total. The van der Waals surface area contributed by atoms with Gasteiger partial charge in [-0.3, -0.25) is 0 Å². The highest BCUT2D eigenvalue weighted by Crippen LogP contribution is 2.54. The lowest BCUT2D eigenvalue weighted by molar-refractivity contribution is 0.657. The van der Waals surface area contributed by atoms with E-state index in [-0.39, 0.29) is 5.41 Å². The quantitative estimate of drug-likeness (QED) is 0.204. The van der Waals surface area contributed by atoms with Crippen LogP contribution in [0.15, 0.2) is 144 Å². The summed E-state index contributed by atoms with van der Waals surface area (Å²) in [4.78, 5) is 15.5. The minimum Gasteiger partial charge on any atom is -0.455 e. The van der Waals surface area contributed by atoms with Crippen LogP contribution >= 0.6 is 0 Å². The van der Waals surface area contributed by atoms with E-state index in [9.17, 15) is 0 Å². The van der Waals surface area contributed by atoms with Crippen LogP contribution < -0.4 is 0 Å². The summed E-state index contributed by atoms with van der Waals surface area (Å²) in [6, 6.07) is 48.1. The fraction of sp³-hybridized carbons (Fsp3) is 0.0714. The molecule has 0 bridgehead atoms.